The van der Waals surface area contributed by atoms with Crippen LogP contribution in [0.4, 0.5) is 10.9 Å². The summed E-state index contributed by atoms with van der Waals surface area (Å²) in [6, 6.07) is 13.3. The van der Waals surface area contributed by atoms with E-state index in [1.165, 1.54) is 11.3 Å². The van der Waals surface area contributed by atoms with Gasteiger partial charge in [-0.25, -0.2) is 4.98 Å². The SMILES string of the molecule is O=C(Nc1[nH]ncc1-c1ccccn1)C1CC(=O)N(c2nc3ccccc3s2)C1. The summed E-state index contributed by atoms with van der Waals surface area (Å²) in [5.41, 5.74) is 2.26. The number of amides is 2. The van der Waals surface area contributed by atoms with Gasteiger partial charge in [-0.2, -0.15) is 5.10 Å². The maximum atomic E-state index is 12.8. The van der Waals surface area contributed by atoms with Crippen molar-refractivity contribution in [2.24, 2.45) is 5.92 Å². The van der Waals surface area contributed by atoms with E-state index >= 15 is 0 Å². The average molecular weight is 404 g/mol. The Labute approximate surface area is 169 Å². The number of carbonyl (C=O) groups is 2. The minimum absolute atomic E-state index is 0.0984. The number of thiazole rings is 1. The predicted molar refractivity (Wildman–Crippen MR) is 111 cm³/mol. The van der Waals surface area contributed by atoms with Gasteiger partial charge in [-0.05, 0) is 24.3 Å². The van der Waals surface area contributed by atoms with E-state index in [0.29, 0.717) is 28.8 Å². The maximum Gasteiger partial charge on any atom is 0.230 e. The lowest BCUT2D eigenvalue weighted by Gasteiger charge is -2.13. The lowest BCUT2D eigenvalue weighted by Crippen LogP contribution is -2.28. The van der Waals surface area contributed by atoms with E-state index in [0.717, 1.165) is 10.2 Å². The van der Waals surface area contributed by atoms with E-state index in [2.05, 4.69) is 25.5 Å². The lowest BCUT2D eigenvalue weighted by molar-refractivity contribution is -0.122. The van der Waals surface area contributed by atoms with Gasteiger partial charge in [-0.15, -0.1) is 0 Å². The van der Waals surface area contributed by atoms with Crippen LogP contribution >= 0.6 is 11.3 Å². The van der Waals surface area contributed by atoms with E-state index in [4.69, 9.17) is 0 Å². The van der Waals surface area contributed by atoms with Crippen LogP contribution in [0, 0.1) is 5.92 Å². The van der Waals surface area contributed by atoms with Gasteiger partial charge in [0.15, 0.2) is 5.13 Å². The molecule has 0 bridgehead atoms. The Balaban J connectivity index is 1.33. The van der Waals surface area contributed by atoms with Gasteiger partial charge in [0.2, 0.25) is 11.8 Å². The molecule has 0 aliphatic carbocycles. The van der Waals surface area contributed by atoms with Crippen molar-refractivity contribution in [1.82, 2.24) is 20.2 Å². The predicted octanol–water partition coefficient (Wildman–Crippen LogP) is 3.07. The fourth-order valence-corrected chi connectivity index (χ4v) is 4.36. The monoisotopic (exact) mass is 404 g/mol. The van der Waals surface area contributed by atoms with Crippen LogP contribution in [0.1, 0.15) is 6.42 Å². The average Bonchev–Trinajstić information content (AvgIpc) is 3.46. The summed E-state index contributed by atoms with van der Waals surface area (Å²) in [4.78, 5) is 35.8. The Morgan fingerprint density at radius 3 is 2.90 bits per heavy atom. The lowest BCUT2D eigenvalue weighted by atomic mass is 10.1. The van der Waals surface area contributed by atoms with Crippen molar-refractivity contribution >= 4 is 44.3 Å². The van der Waals surface area contributed by atoms with E-state index in [9.17, 15) is 9.59 Å². The van der Waals surface area contributed by atoms with Crippen molar-refractivity contribution in [3.8, 4) is 11.3 Å². The van der Waals surface area contributed by atoms with Crippen molar-refractivity contribution in [2.75, 3.05) is 16.8 Å². The van der Waals surface area contributed by atoms with Crippen LogP contribution in [0.5, 0.6) is 0 Å². The molecule has 3 aromatic heterocycles. The molecule has 1 unspecified atom stereocenters. The van der Waals surface area contributed by atoms with E-state index in [-0.39, 0.29) is 18.2 Å². The molecule has 4 aromatic rings. The number of pyridine rings is 1. The van der Waals surface area contributed by atoms with E-state index in [1.807, 2.05) is 42.5 Å². The molecule has 9 heteroatoms. The summed E-state index contributed by atoms with van der Waals surface area (Å²) in [5.74, 6) is -0.323. The normalized spacial score (nSPS) is 16.5. The first-order valence-electron chi connectivity index (χ1n) is 9.10. The number of carbonyl (C=O) groups excluding carboxylic acids is 2. The molecule has 1 aliphatic rings. The number of H-pyrrole nitrogens is 1. The summed E-state index contributed by atoms with van der Waals surface area (Å²) in [6.45, 7) is 0.303. The highest BCUT2D eigenvalue weighted by molar-refractivity contribution is 7.22. The van der Waals surface area contributed by atoms with Crippen LogP contribution < -0.4 is 10.2 Å². The molecule has 2 amide bonds. The number of aromatic nitrogens is 4. The molecule has 0 radical (unpaired) electrons. The fourth-order valence-electron chi connectivity index (χ4n) is 3.37. The van der Waals surface area contributed by atoms with Crippen LogP contribution in [0.2, 0.25) is 0 Å². The molecule has 1 aliphatic heterocycles. The number of benzene rings is 1. The van der Waals surface area contributed by atoms with Gasteiger partial charge in [0.25, 0.3) is 0 Å². The summed E-state index contributed by atoms with van der Waals surface area (Å²) in [6.07, 6.45) is 3.44. The van der Waals surface area contributed by atoms with Crippen LogP contribution in [0.15, 0.2) is 54.9 Å². The first-order chi connectivity index (χ1) is 14.2. The number of hydrogen-bond donors (Lipinski definition) is 2. The number of anilines is 2. The Hall–Kier alpha value is -3.59. The second kappa shape index (κ2) is 7.10. The first-order valence-corrected chi connectivity index (χ1v) is 9.92. The van der Waals surface area contributed by atoms with Gasteiger partial charge >= 0.3 is 0 Å². The minimum Gasteiger partial charge on any atom is -0.310 e. The molecule has 1 saturated heterocycles. The highest BCUT2D eigenvalue weighted by Crippen LogP contribution is 2.33. The summed E-state index contributed by atoms with van der Waals surface area (Å²) in [7, 11) is 0. The molecule has 4 heterocycles. The molecule has 1 atom stereocenters. The van der Waals surface area contributed by atoms with Gasteiger partial charge in [0.1, 0.15) is 5.82 Å². The van der Waals surface area contributed by atoms with Crippen LogP contribution in [-0.2, 0) is 9.59 Å². The molecular formula is C20H16N6O2S. The molecular weight excluding hydrogens is 388 g/mol. The number of para-hydroxylation sites is 1. The minimum atomic E-state index is -0.464. The zero-order valence-corrected chi connectivity index (χ0v) is 16.0. The number of rotatable bonds is 4. The Kier molecular flexibility index (Phi) is 4.28. The standard InChI is InChI=1S/C20H16N6O2S/c27-17-9-12(11-26(17)20-23-15-6-1-2-7-16(15)29-20)19(28)24-18-13(10-22-25-18)14-5-3-4-8-21-14/h1-8,10,12H,9,11H2,(H2,22,24,25,28). The Morgan fingerprint density at radius 2 is 2.07 bits per heavy atom. The molecule has 144 valence electrons. The molecule has 1 aromatic carbocycles. The number of hydrogen-bond acceptors (Lipinski definition) is 6. The summed E-state index contributed by atoms with van der Waals surface area (Å²) < 4.78 is 1.01. The van der Waals surface area contributed by atoms with Crippen molar-refractivity contribution < 1.29 is 9.59 Å². The number of nitrogens with zero attached hydrogens (tertiary/aromatic N) is 4. The topological polar surface area (TPSA) is 104 Å². The number of aromatic amines is 1. The van der Waals surface area contributed by atoms with E-state index < -0.39 is 5.92 Å². The Morgan fingerprint density at radius 1 is 1.21 bits per heavy atom. The van der Waals surface area contributed by atoms with Crippen LogP contribution in [0.25, 0.3) is 21.5 Å². The van der Waals surface area contributed by atoms with Crippen molar-refractivity contribution in [3.05, 3.63) is 54.9 Å². The van der Waals surface area contributed by atoms with Crippen molar-refractivity contribution in [2.45, 2.75) is 6.42 Å². The largest absolute Gasteiger partial charge is 0.310 e. The van der Waals surface area contributed by atoms with Crippen molar-refractivity contribution in [1.29, 1.82) is 0 Å². The molecule has 0 saturated carbocycles. The maximum absolute atomic E-state index is 12.8. The van der Waals surface area contributed by atoms with Crippen LogP contribution in [-0.4, -0.2) is 38.5 Å². The van der Waals surface area contributed by atoms with Gasteiger partial charge < -0.3 is 5.32 Å². The van der Waals surface area contributed by atoms with Gasteiger partial charge in [-0.3, -0.25) is 24.6 Å². The molecule has 8 nitrogen and oxygen atoms in total. The highest BCUT2D eigenvalue weighted by Gasteiger charge is 2.37. The smallest absolute Gasteiger partial charge is 0.230 e. The number of fused-ring (bicyclic) bond motifs is 1. The first kappa shape index (κ1) is 17.5. The third-order valence-corrected chi connectivity index (χ3v) is 5.90. The zero-order valence-electron chi connectivity index (χ0n) is 15.2. The van der Waals surface area contributed by atoms with Crippen molar-refractivity contribution in [3.63, 3.8) is 0 Å². The summed E-state index contributed by atoms with van der Waals surface area (Å²) >= 11 is 1.45. The third-order valence-electron chi connectivity index (χ3n) is 4.84. The van der Waals surface area contributed by atoms with Gasteiger partial charge in [0.05, 0.1) is 33.6 Å². The summed E-state index contributed by atoms with van der Waals surface area (Å²) in [5, 5.41) is 10.3. The third kappa shape index (κ3) is 3.25. The van der Waals surface area contributed by atoms with Gasteiger partial charge in [-0.1, -0.05) is 29.5 Å². The second-order valence-electron chi connectivity index (χ2n) is 6.73. The second-order valence-corrected chi connectivity index (χ2v) is 7.74. The Bertz CT molecular complexity index is 1170. The molecule has 1 fully saturated rings. The fraction of sp³-hybridized carbons (Fsp3) is 0.150. The molecule has 5 rings (SSSR count). The molecule has 2 N–H and O–H groups in total. The highest BCUT2D eigenvalue weighted by atomic mass is 32.1. The van der Waals surface area contributed by atoms with E-state index in [1.54, 1.807) is 17.3 Å². The number of nitrogens with one attached hydrogen (secondary N) is 2. The van der Waals surface area contributed by atoms with Crippen LogP contribution in [0.3, 0.4) is 0 Å². The molecule has 0 spiro atoms. The van der Waals surface area contributed by atoms with Gasteiger partial charge in [0, 0.05) is 19.2 Å². The molecule has 29 heavy (non-hydrogen) atoms. The quantitative estimate of drug-likeness (QED) is 0.544. The zero-order chi connectivity index (χ0) is 19.8.